The molecule has 27 heavy (non-hydrogen) atoms. The molecule has 0 saturated heterocycles. The summed E-state index contributed by atoms with van der Waals surface area (Å²) in [5.41, 5.74) is 0.570. The van der Waals surface area contributed by atoms with Crippen LogP contribution in [-0.2, 0) is 19.4 Å². The van der Waals surface area contributed by atoms with E-state index in [4.69, 9.17) is 4.74 Å². The van der Waals surface area contributed by atoms with Crippen molar-refractivity contribution in [3.63, 3.8) is 0 Å². The molecule has 0 aliphatic heterocycles. The zero-order valence-corrected chi connectivity index (χ0v) is 16.2. The van der Waals surface area contributed by atoms with Crippen LogP contribution >= 0.6 is 0 Å². The summed E-state index contributed by atoms with van der Waals surface area (Å²) >= 11 is 0. The fourth-order valence-corrected chi connectivity index (χ4v) is 3.54. The van der Waals surface area contributed by atoms with Gasteiger partial charge in [0, 0.05) is 12.3 Å². The van der Waals surface area contributed by atoms with E-state index >= 15 is 0 Å². The molecule has 9 heteroatoms. The number of imide groups is 1. The number of aryl methyl sites for hydroxylation is 1. The zero-order chi connectivity index (χ0) is 20.0. The fourth-order valence-electron chi connectivity index (χ4n) is 2.89. The van der Waals surface area contributed by atoms with E-state index in [9.17, 15) is 22.8 Å². The highest BCUT2D eigenvalue weighted by atomic mass is 32.2. The van der Waals surface area contributed by atoms with Crippen molar-refractivity contribution in [3.8, 4) is 0 Å². The number of carbonyl (C=O) groups excluding carboxylic acids is 3. The van der Waals surface area contributed by atoms with Crippen molar-refractivity contribution in [1.29, 1.82) is 0 Å². The molecule has 8 nitrogen and oxygen atoms in total. The van der Waals surface area contributed by atoms with Crippen LogP contribution in [0.2, 0.25) is 0 Å². The van der Waals surface area contributed by atoms with Crippen LogP contribution in [0, 0.1) is 6.92 Å². The third-order valence-corrected chi connectivity index (χ3v) is 5.50. The second kappa shape index (κ2) is 8.98. The lowest BCUT2D eigenvalue weighted by Crippen LogP contribution is -2.46. The van der Waals surface area contributed by atoms with Gasteiger partial charge in [0.25, 0.3) is 5.91 Å². The normalized spacial score (nSPS) is 15.0. The number of hydrogen-bond donors (Lipinski definition) is 2. The van der Waals surface area contributed by atoms with Crippen molar-refractivity contribution in [3.05, 3.63) is 29.3 Å². The number of hydrogen-bond acceptors (Lipinski definition) is 6. The Labute approximate surface area is 158 Å². The van der Waals surface area contributed by atoms with Gasteiger partial charge in [-0.25, -0.2) is 18.0 Å². The van der Waals surface area contributed by atoms with E-state index in [0.717, 1.165) is 38.4 Å². The topological polar surface area (TPSA) is 119 Å². The van der Waals surface area contributed by atoms with Gasteiger partial charge in [-0.15, -0.1) is 0 Å². The molecule has 0 bridgehead atoms. The number of rotatable bonds is 5. The molecule has 3 amide bonds. The first-order valence-electron chi connectivity index (χ1n) is 8.75. The van der Waals surface area contributed by atoms with E-state index < -0.39 is 34.4 Å². The summed E-state index contributed by atoms with van der Waals surface area (Å²) in [5, 5.41) is 4.85. The van der Waals surface area contributed by atoms with Crippen LogP contribution in [0.1, 0.15) is 48.0 Å². The Hall–Kier alpha value is -2.42. The number of carbonyl (C=O) groups is 3. The predicted octanol–water partition coefficient (Wildman–Crippen LogP) is 1.71. The van der Waals surface area contributed by atoms with Gasteiger partial charge in [-0.2, -0.15) is 0 Å². The first-order valence-corrected chi connectivity index (χ1v) is 10.6. The lowest BCUT2D eigenvalue weighted by molar-refractivity contribution is -0.123. The smallest absolute Gasteiger partial charge is 0.338 e. The molecule has 0 spiro atoms. The van der Waals surface area contributed by atoms with Gasteiger partial charge in [-0.3, -0.25) is 10.1 Å². The second-order valence-electron chi connectivity index (χ2n) is 6.68. The van der Waals surface area contributed by atoms with Crippen LogP contribution in [0.3, 0.4) is 0 Å². The molecule has 1 aliphatic rings. The van der Waals surface area contributed by atoms with Crippen molar-refractivity contribution < 1.29 is 27.5 Å². The van der Waals surface area contributed by atoms with Gasteiger partial charge >= 0.3 is 12.0 Å². The molecule has 1 aromatic carbocycles. The van der Waals surface area contributed by atoms with Crippen LogP contribution in [0.25, 0.3) is 0 Å². The largest absolute Gasteiger partial charge is 0.452 e. The predicted molar refractivity (Wildman–Crippen MR) is 98.1 cm³/mol. The van der Waals surface area contributed by atoms with Gasteiger partial charge < -0.3 is 10.1 Å². The van der Waals surface area contributed by atoms with Gasteiger partial charge in [0.05, 0.1) is 10.5 Å². The second-order valence-corrected chi connectivity index (χ2v) is 8.70. The van der Waals surface area contributed by atoms with E-state index in [-0.39, 0.29) is 16.5 Å². The van der Waals surface area contributed by atoms with E-state index in [0.29, 0.717) is 5.56 Å². The van der Waals surface area contributed by atoms with E-state index in [1.54, 1.807) is 6.92 Å². The lowest BCUT2D eigenvalue weighted by atomic mass is 9.96. The summed E-state index contributed by atoms with van der Waals surface area (Å²) in [4.78, 5) is 35.7. The number of urea groups is 1. The maximum atomic E-state index is 12.2. The number of benzene rings is 1. The summed E-state index contributed by atoms with van der Waals surface area (Å²) in [7, 11) is -3.48. The van der Waals surface area contributed by atoms with E-state index in [1.165, 1.54) is 18.2 Å². The minimum Gasteiger partial charge on any atom is -0.452 e. The number of nitrogens with one attached hydrogen (secondary N) is 2. The van der Waals surface area contributed by atoms with Crippen molar-refractivity contribution in [2.24, 2.45) is 0 Å². The molecule has 2 rings (SSSR count). The van der Waals surface area contributed by atoms with Crippen LogP contribution in [0.4, 0.5) is 4.79 Å². The van der Waals surface area contributed by atoms with Crippen LogP contribution in [-0.4, -0.2) is 45.2 Å². The molecule has 0 aromatic heterocycles. The monoisotopic (exact) mass is 396 g/mol. The highest BCUT2D eigenvalue weighted by molar-refractivity contribution is 7.90. The Bertz CT molecular complexity index is 828. The van der Waals surface area contributed by atoms with Gasteiger partial charge in [0.1, 0.15) is 0 Å². The Morgan fingerprint density at radius 3 is 2.44 bits per heavy atom. The van der Waals surface area contributed by atoms with Gasteiger partial charge in [0.2, 0.25) is 0 Å². The Morgan fingerprint density at radius 1 is 1.15 bits per heavy atom. The van der Waals surface area contributed by atoms with Crippen molar-refractivity contribution in [1.82, 2.24) is 10.6 Å². The summed E-state index contributed by atoms with van der Waals surface area (Å²) in [6.45, 7) is 0.986. The van der Waals surface area contributed by atoms with E-state index in [2.05, 4.69) is 10.6 Å². The molecular formula is C18H24N2O6S. The first kappa shape index (κ1) is 20.9. The molecule has 1 aromatic rings. The minimum absolute atomic E-state index is 0.0173. The Morgan fingerprint density at radius 2 is 1.81 bits per heavy atom. The summed E-state index contributed by atoms with van der Waals surface area (Å²) in [6, 6.07) is 3.53. The number of sulfone groups is 1. The highest BCUT2D eigenvalue weighted by Gasteiger charge is 2.19. The molecule has 1 saturated carbocycles. The van der Waals surface area contributed by atoms with Crippen LogP contribution in [0.5, 0.6) is 0 Å². The standard InChI is InChI=1S/C18H24N2O6S/c1-12-8-9-14(27(2,24)25)10-15(12)17(22)26-11-16(21)20-18(23)19-13-6-4-3-5-7-13/h8-10,13H,3-7,11H2,1-2H3,(H2,19,20,21,23). The van der Waals surface area contributed by atoms with E-state index in [1.807, 2.05) is 0 Å². The Balaban J connectivity index is 1.87. The first-order chi connectivity index (χ1) is 12.7. The molecule has 0 unspecified atom stereocenters. The SMILES string of the molecule is Cc1ccc(S(C)(=O)=O)cc1C(=O)OCC(=O)NC(=O)NC1CCCCC1. The number of esters is 1. The lowest BCUT2D eigenvalue weighted by Gasteiger charge is -2.22. The zero-order valence-electron chi connectivity index (χ0n) is 15.4. The van der Waals surface area contributed by atoms with Crippen molar-refractivity contribution in [2.75, 3.05) is 12.9 Å². The van der Waals surface area contributed by atoms with Crippen LogP contribution < -0.4 is 10.6 Å². The molecule has 1 fully saturated rings. The number of amides is 3. The molecule has 0 radical (unpaired) electrons. The van der Waals surface area contributed by atoms with Crippen molar-refractivity contribution in [2.45, 2.75) is 50.0 Å². The molecular weight excluding hydrogens is 372 g/mol. The summed E-state index contributed by atoms with van der Waals surface area (Å²) in [5.74, 6) is -1.59. The molecule has 0 heterocycles. The average Bonchev–Trinajstić information content (AvgIpc) is 2.59. The molecule has 0 atom stereocenters. The summed E-state index contributed by atoms with van der Waals surface area (Å²) in [6.07, 6.45) is 6.03. The van der Waals surface area contributed by atoms with Gasteiger partial charge in [-0.05, 0) is 37.5 Å². The van der Waals surface area contributed by atoms with Crippen molar-refractivity contribution >= 4 is 27.7 Å². The third-order valence-electron chi connectivity index (χ3n) is 4.38. The minimum atomic E-state index is -3.48. The molecule has 2 N–H and O–H groups in total. The highest BCUT2D eigenvalue weighted by Crippen LogP contribution is 2.17. The maximum absolute atomic E-state index is 12.2. The molecule has 1 aliphatic carbocycles. The summed E-state index contributed by atoms with van der Waals surface area (Å²) < 4.78 is 28.1. The average molecular weight is 396 g/mol. The van der Waals surface area contributed by atoms with Gasteiger partial charge in [-0.1, -0.05) is 25.3 Å². The third kappa shape index (κ3) is 6.35. The maximum Gasteiger partial charge on any atom is 0.338 e. The number of ether oxygens (including phenoxy) is 1. The van der Waals surface area contributed by atoms with Crippen LogP contribution in [0.15, 0.2) is 23.1 Å². The Kier molecular flexibility index (Phi) is 6.95. The quantitative estimate of drug-likeness (QED) is 0.732. The fraction of sp³-hybridized carbons (Fsp3) is 0.500. The molecule has 148 valence electrons. The van der Waals surface area contributed by atoms with Gasteiger partial charge in [0.15, 0.2) is 16.4 Å².